The highest BCUT2D eigenvalue weighted by atomic mass is 16.3. The average Bonchev–Trinajstić information content (AvgIpc) is 2.99. The van der Waals surface area contributed by atoms with Crippen LogP contribution in [0.3, 0.4) is 0 Å². The Bertz CT molecular complexity index is 689. The Morgan fingerprint density at radius 3 is 2.96 bits per heavy atom. The molecule has 0 radical (unpaired) electrons. The van der Waals surface area contributed by atoms with Gasteiger partial charge in [0.2, 0.25) is 5.91 Å². The van der Waals surface area contributed by atoms with Crippen molar-refractivity contribution in [2.45, 2.75) is 19.1 Å². The maximum absolute atomic E-state index is 12.2. The van der Waals surface area contributed by atoms with Crippen molar-refractivity contribution in [2.75, 3.05) is 20.1 Å². The molecule has 0 aliphatic carbocycles. The van der Waals surface area contributed by atoms with Crippen LogP contribution in [0.2, 0.25) is 0 Å². The Morgan fingerprint density at radius 1 is 1.46 bits per heavy atom. The van der Waals surface area contributed by atoms with Crippen molar-refractivity contribution in [1.82, 2.24) is 24.8 Å². The predicted molar refractivity (Wildman–Crippen MR) is 85.1 cm³/mol. The number of pyridine rings is 1. The Morgan fingerprint density at radius 2 is 2.21 bits per heavy atom. The second-order valence-electron chi connectivity index (χ2n) is 5.59. The lowest BCUT2D eigenvalue weighted by molar-refractivity contribution is -0.131. The Kier molecular flexibility index (Phi) is 6.21. The molecule has 0 aromatic carbocycles. The number of hydrogen-bond donors (Lipinski definition) is 3. The highest BCUT2D eigenvalue weighted by Gasteiger charge is 2.31. The van der Waals surface area contributed by atoms with Crippen LogP contribution in [0.1, 0.15) is 12.2 Å². The SMILES string of the molecule is CN1CC[C@H](O)[C@H](C(=O)NCc2nnc3ccccn23)C1.O=CO. The summed E-state index contributed by atoms with van der Waals surface area (Å²) in [7, 11) is 1.96. The monoisotopic (exact) mass is 335 g/mol. The number of aliphatic hydroxyl groups is 1. The van der Waals surface area contributed by atoms with Gasteiger partial charge in [0.1, 0.15) is 0 Å². The van der Waals surface area contributed by atoms with E-state index in [1.54, 1.807) is 0 Å². The number of nitrogens with one attached hydrogen (secondary N) is 1. The second-order valence-corrected chi connectivity index (χ2v) is 5.59. The fourth-order valence-corrected chi connectivity index (χ4v) is 2.67. The quantitative estimate of drug-likeness (QED) is 0.638. The maximum Gasteiger partial charge on any atom is 0.290 e. The molecule has 1 saturated heterocycles. The minimum absolute atomic E-state index is 0.137. The van der Waals surface area contributed by atoms with Crippen molar-refractivity contribution >= 4 is 18.0 Å². The molecule has 9 nitrogen and oxygen atoms in total. The third-order valence-electron chi connectivity index (χ3n) is 3.92. The topological polar surface area (TPSA) is 120 Å². The number of hydrogen-bond acceptors (Lipinski definition) is 6. The molecule has 1 aliphatic heterocycles. The molecule has 0 saturated carbocycles. The molecule has 3 rings (SSSR count). The Balaban J connectivity index is 0.000000647. The number of piperidine rings is 1. The average molecular weight is 335 g/mol. The van der Waals surface area contributed by atoms with Crippen molar-refractivity contribution in [3.63, 3.8) is 0 Å². The number of carboxylic acid groups (broad SMARTS) is 1. The molecule has 9 heteroatoms. The van der Waals surface area contributed by atoms with Crippen LogP contribution in [0.15, 0.2) is 24.4 Å². The number of aliphatic hydroxyl groups excluding tert-OH is 1. The molecule has 0 bridgehead atoms. The van der Waals surface area contributed by atoms with Crippen LogP contribution in [0.4, 0.5) is 0 Å². The first kappa shape index (κ1) is 17.8. The van der Waals surface area contributed by atoms with Gasteiger partial charge < -0.3 is 20.4 Å². The molecule has 1 amide bonds. The fraction of sp³-hybridized carbons (Fsp3) is 0.467. The standard InChI is InChI=1S/C14H19N5O2.CH2O2/c1-18-7-5-11(20)10(9-18)14(21)15-8-13-17-16-12-4-2-3-6-19(12)13;2-1-3/h2-4,6,10-11,20H,5,7-9H2,1H3,(H,15,21);1H,(H,2,3)/t10-,11+;/m1./s1. The van der Waals surface area contributed by atoms with E-state index in [2.05, 4.69) is 20.4 Å². The van der Waals surface area contributed by atoms with Gasteiger partial charge in [0.05, 0.1) is 18.6 Å². The van der Waals surface area contributed by atoms with Gasteiger partial charge in [-0.15, -0.1) is 10.2 Å². The first-order chi connectivity index (χ1) is 11.6. The third-order valence-corrected chi connectivity index (χ3v) is 3.92. The first-order valence-electron chi connectivity index (χ1n) is 7.57. The van der Waals surface area contributed by atoms with Gasteiger partial charge in [0.25, 0.3) is 6.47 Å². The van der Waals surface area contributed by atoms with E-state index >= 15 is 0 Å². The maximum atomic E-state index is 12.2. The lowest BCUT2D eigenvalue weighted by Gasteiger charge is -2.32. The van der Waals surface area contributed by atoms with E-state index in [-0.39, 0.29) is 18.3 Å². The molecule has 3 N–H and O–H groups in total. The van der Waals surface area contributed by atoms with Gasteiger partial charge in [0, 0.05) is 19.3 Å². The highest BCUT2D eigenvalue weighted by molar-refractivity contribution is 5.79. The van der Waals surface area contributed by atoms with E-state index in [9.17, 15) is 9.90 Å². The van der Waals surface area contributed by atoms with Crippen LogP contribution in [0.25, 0.3) is 5.65 Å². The molecular weight excluding hydrogens is 314 g/mol. The Hall–Kier alpha value is -2.52. The van der Waals surface area contributed by atoms with E-state index in [4.69, 9.17) is 9.90 Å². The number of amides is 1. The molecule has 1 fully saturated rings. The lowest BCUT2D eigenvalue weighted by Crippen LogP contribution is -2.48. The summed E-state index contributed by atoms with van der Waals surface area (Å²) in [6, 6.07) is 5.64. The van der Waals surface area contributed by atoms with E-state index in [0.29, 0.717) is 25.3 Å². The third kappa shape index (κ3) is 4.27. The summed E-state index contributed by atoms with van der Waals surface area (Å²) in [5.74, 6) is 0.155. The minimum Gasteiger partial charge on any atom is -0.483 e. The summed E-state index contributed by atoms with van der Waals surface area (Å²) in [6.07, 6.45) is 1.92. The van der Waals surface area contributed by atoms with E-state index in [0.717, 1.165) is 12.2 Å². The molecule has 130 valence electrons. The van der Waals surface area contributed by atoms with Crippen molar-refractivity contribution in [2.24, 2.45) is 5.92 Å². The number of rotatable bonds is 3. The highest BCUT2D eigenvalue weighted by Crippen LogP contribution is 2.16. The number of carbonyl (C=O) groups excluding carboxylic acids is 1. The minimum atomic E-state index is -0.573. The summed E-state index contributed by atoms with van der Waals surface area (Å²) in [5, 5.41) is 27.8. The summed E-state index contributed by atoms with van der Waals surface area (Å²) >= 11 is 0. The smallest absolute Gasteiger partial charge is 0.290 e. The zero-order valence-corrected chi connectivity index (χ0v) is 13.4. The molecular formula is C15H21N5O4. The molecule has 2 aromatic rings. The summed E-state index contributed by atoms with van der Waals surface area (Å²) < 4.78 is 1.84. The number of fused-ring (bicyclic) bond motifs is 1. The van der Waals surface area contributed by atoms with Gasteiger partial charge >= 0.3 is 0 Å². The summed E-state index contributed by atoms with van der Waals surface area (Å²) in [4.78, 5) is 22.7. The van der Waals surface area contributed by atoms with E-state index < -0.39 is 6.10 Å². The van der Waals surface area contributed by atoms with Crippen LogP contribution in [-0.2, 0) is 16.1 Å². The van der Waals surface area contributed by atoms with Crippen LogP contribution in [0, 0.1) is 5.92 Å². The molecule has 2 aromatic heterocycles. The predicted octanol–water partition coefficient (Wildman–Crippen LogP) is -0.641. The van der Waals surface area contributed by atoms with E-state index in [1.165, 1.54) is 0 Å². The molecule has 2 atom stereocenters. The largest absolute Gasteiger partial charge is 0.483 e. The van der Waals surface area contributed by atoms with Gasteiger partial charge in [-0.25, -0.2) is 0 Å². The van der Waals surface area contributed by atoms with Crippen molar-refractivity contribution < 1.29 is 19.8 Å². The molecule has 0 unspecified atom stereocenters. The summed E-state index contributed by atoms with van der Waals surface area (Å²) in [5.41, 5.74) is 0.749. The number of likely N-dealkylation sites (tertiary alicyclic amines) is 1. The van der Waals surface area contributed by atoms with Gasteiger partial charge in [-0.2, -0.15) is 0 Å². The molecule has 24 heavy (non-hydrogen) atoms. The fourth-order valence-electron chi connectivity index (χ4n) is 2.67. The van der Waals surface area contributed by atoms with Crippen molar-refractivity contribution in [1.29, 1.82) is 0 Å². The van der Waals surface area contributed by atoms with Crippen molar-refractivity contribution in [3.05, 3.63) is 30.2 Å². The van der Waals surface area contributed by atoms with Gasteiger partial charge in [-0.1, -0.05) is 6.07 Å². The summed E-state index contributed by atoms with van der Waals surface area (Å²) in [6.45, 7) is 1.45. The van der Waals surface area contributed by atoms with Crippen LogP contribution in [0.5, 0.6) is 0 Å². The number of carbonyl (C=O) groups is 2. The second kappa shape index (κ2) is 8.37. The van der Waals surface area contributed by atoms with Crippen molar-refractivity contribution in [3.8, 4) is 0 Å². The zero-order chi connectivity index (χ0) is 17.5. The van der Waals surface area contributed by atoms with Crippen LogP contribution >= 0.6 is 0 Å². The number of aromatic nitrogens is 3. The lowest BCUT2D eigenvalue weighted by atomic mass is 9.94. The normalized spacial score (nSPS) is 20.9. The first-order valence-corrected chi connectivity index (χ1v) is 7.57. The van der Waals surface area contributed by atoms with E-state index in [1.807, 2.05) is 35.8 Å². The molecule has 1 aliphatic rings. The Labute approximate surface area is 138 Å². The van der Waals surface area contributed by atoms with Gasteiger partial charge in [0.15, 0.2) is 11.5 Å². The van der Waals surface area contributed by atoms with Crippen LogP contribution < -0.4 is 5.32 Å². The number of nitrogens with zero attached hydrogens (tertiary/aromatic N) is 4. The molecule has 0 spiro atoms. The molecule has 3 heterocycles. The van der Waals surface area contributed by atoms with Gasteiger partial charge in [-0.05, 0) is 25.6 Å². The van der Waals surface area contributed by atoms with Gasteiger partial charge in [-0.3, -0.25) is 14.0 Å². The zero-order valence-electron chi connectivity index (χ0n) is 13.4. The van der Waals surface area contributed by atoms with Crippen LogP contribution in [-0.4, -0.2) is 68.3 Å².